The van der Waals surface area contributed by atoms with Crippen molar-refractivity contribution in [1.82, 2.24) is 4.90 Å². The zero-order valence-electron chi connectivity index (χ0n) is 6.16. The Morgan fingerprint density at radius 2 is 2.30 bits per heavy atom. The van der Waals surface area contributed by atoms with E-state index in [9.17, 15) is 4.79 Å². The molecular weight excluding hydrogens is 150 g/mol. The molecule has 0 aromatic carbocycles. The van der Waals surface area contributed by atoms with Crippen molar-refractivity contribution in [2.75, 3.05) is 27.2 Å². The Labute approximate surface area is 66.0 Å². The fourth-order valence-electron chi connectivity index (χ4n) is 0.363. The highest BCUT2D eigenvalue weighted by atomic mass is 32.1. The molecule has 0 aliphatic heterocycles. The van der Waals surface area contributed by atoms with Crippen LogP contribution in [0.3, 0.4) is 0 Å². The predicted octanol–water partition coefficient (Wildman–Crippen LogP) is 0.0909. The van der Waals surface area contributed by atoms with Crippen LogP contribution in [0.4, 0.5) is 0 Å². The molecule has 0 saturated heterocycles. The molecular formula is C6H11NO2S. The average molecular weight is 161 g/mol. The number of esters is 1. The van der Waals surface area contributed by atoms with Crippen molar-refractivity contribution in [3.8, 4) is 0 Å². The Balaban J connectivity index is 3.19. The first-order valence-electron chi connectivity index (χ1n) is 2.93. The summed E-state index contributed by atoms with van der Waals surface area (Å²) in [5, 5.41) is 0.996. The molecule has 10 heavy (non-hydrogen) atoms. The Morgan fingerprint density at radius 1 is 1.70 bits per heavy atom. The van der Waals surface area contributed by atoms with E-state index in [1.807, 2.05) is 19.0 Å². The van der Waals surface area contributed by atoms with Gasteiger partial charge in [0.05, 0.1) is 5.37 Å². The molecule has 0 spiro atoms. The second-order valence-corrected chi connectivity index (χ2v) is 2.32. The zero-order valence-corrected chi connectivity index (χ0v) is 6.98. The SMILES string of the molecule is CN(C)CCOC(=O)C=S. The Morgan fingerprint density at radius 3 is 2.70 bits per heavy atom. The zero-order chi connectivity index (χ0) is 7.98. The first-order chi connectivity index (χ1) is 4.66. The third kappa shape index (κ3) is 5.65. The van der Waals surface area contributed by atoms with Crippen LogP contribution in [0.1, 0.15) is 0 Å². The molecule has 0 aromatic heterocycles. The quantitative estimate of drug-likeness (QED) is 0.432. The second kappa shape index (κ2) is 5.32. The lowest BCUT2D eigenvalue weighted by Crippen LogP contribution is -2.20. The molecule has 0 bridgehead atoms. The monoisotopic (exact) mass is 161 g/mol. The molecule has 0 heterocycles. The van der Waals surface area contributed by atoms with Gasteiger partial charge in [0, 0.05) is 6.54 Å². The van der Waals surface area contributed by atoms with Gasteiger partial charge in [-0.1, -0.05) is 12.2 Å². The van der Waals surface area contributed by atoms with Gasteiger partial charge in [0.2, 0.25) is 0 Å². The summed E-state index contributed by atoms with van der Waals surface area (Å²) in [5.41, 5.74) is 0. The van der Waals surface area contributed by atoms with Gasteiger partial charge in [-0.15, -0.1) is 0 Å². The van der Waals surface area contributed by atoms with Gasteiger partial charge in [-0.25, -0.2) is 4.79 Å². The maximum Gasteiger partial charge on any atom is 0.341 e. The first kappa shape index (κ1) is 9.52. The Hall–Kier alpha value is -0.480. The Kier molecular flexibility index (Phi) is 5.06. The smallest absolute Gasteiger partial charge is 0.341 e. The molecule has 4 heteroatoms. The summed E-state index contributed by atoms with van der Waals surface area (Å²) in [6, 6.07) is 0. The normalized spacial score (nSPS) is 9.50. The Bertz CT molecular complexity index is 125. The van der Waals surface area contributed by atoms with E-state index < -0.39 is 5.97 Å². The summed E-state index contributed by atoms with van der Waals surface area (Å²) in [6.45, 7) is 1.13. The third-order valence-corrected chi connectivity index (χ3v) is 1.07. The molecule has 0 rings (SSSR count). The molecule has 0 atom stereocenters. The fourth-order valence-corrected chi connectivity index (χ4v) is 0.431. The summed E-state index contributed by atoms with van der Waals surface area (Å²) < 4.78 is 4.66. The number of ether oxygens (including phenoxy) is 1. The van der Waals surface area contributed by atoms with Crippen molar-refractivity contribution in [3.63, 3.8) is 0 Å². The van der Waals surface area contributed by atoms with Gasteiger partial charge in [-0.05, 0) is 14.1 Å². The molecule has 0 unspecified atom stereocenters. The van der Waals surface area contributed by atoms with Crippen molar-refractivity contribution >= 4 is 23.6 Å². The molecule has 0 N–H and O–H groups in total. The largest absolute Gasteiger partial charge is 0.461 e. The second-order valence-electron chi connectivity index (χ2n) is 2.09. The van der Waals surface area contributed by atoms with Crippen molar-refractivity contribution < 1.29 is 9.53 Å². The molecule has 3 nitrogen and oxygen atoms in total. The summed E-state index contributed by atoms with van der Waals surface area (Å²) in [7, 11) is 3.82. The van der Waals surface area contributed by atoms with Crippen LogP contribution in [0.5, 0.6) is 0 Å². The summed E-state index contributed by atoms with van der Waals surface area (Å²) in [5.74, 6) is -0.433. The van der Waals surface area contributed by atoms with Gasteiger partial charge >= 0.3 is 5.97 Å². The van der Waals surface area contributed by atoms with Crippen molar-refractivity contribution in [3.05, 3.63) is 0 Å². The van der Waals surface area contributed by atoms with Crippen molar-refractivity contribution in [2.24, 2.45) is 0 Å². The molecule has 0 fully saturated rings. The molecule has 58 valence electrons. The molecule has 0 aromatic rings. The highest BCUT2D eigenvalue weighted by Gasteiger charge is 1.95. The summed E-state index contributed by atoms with van der Waals surface area (Å²) >= 11 is 4.34. The topological polar surface area (TPSA) is 29.5 Å². The van der Waals surface area contributed by atoms with E-state index in [1.165, 1.54) is 0 Å². The van der Waals surface area contributed by atoms with E-state index in [0.29, 0.717) is 6.61 Å². The maximum atomic E-state index is 10.4. The van der Waals surface area contributed by atoms with Crippen LogP contribution in [0.2, 0.25) is 0 Å². The van der Waals surface area contributed by atoms with E-state index in [1.54, 1.807) is 0 Å². The highest BCUT2D eigenvalue weighted by molar-refractivity contribution is 7.80. The van der Waals surface area contributed by atoms with Crippen LogP contribution in [-0.2, 0) is 9.53 Å². The lowest BCUT2D eigenvalue weighted by atomic mass is 10.6. The van der Waals surface area contributed by atoms with Crippen LogP contribution in [0, 0.1) is 0 Å². The van der Waals surface area contributed by atoms with Gasteiger partial charge in [-0.3, -0.25) is 0 Å². The van der Waals surface area contributed by atoms with E-state index in [2.05, 4.69) is 17.0 Å². The van der Waals surface area contributed by atoms with Crippen LogP contribution >= 0.6 is 12.2 Å². The number of carbonyl (C=O) groups excluding carboxylic acids is 1. The summed E-state index contributed by atoms with van der Waals surface area (Å²) in [6.07, 6.45) is 0. The number of nitrogens with zero attached hydrogens (tertiary/aromatic N) is 1. The van der Waals surface area contributed by atoms with Crippen LogP contribution in [0.15, 0.2) is 0 Å². The molecule has 0 aliphatic rings. The maximum absolute atomic E-state index is 10.4. The van der Waals surface area contributed by atoms with Gasteiger partial charge in [0.25, 0.3) is 0 Å². The number of thiocarbonyl (C=S) groups is 1. The molecule has 0 radical (unpaired) electrons. The van der Waals surface area contributed by atoms with Crippen LogP contribution in [-0.4, -0.2) is 43.5 Å². The lowest BCUT2D eigenvalue weighted by Gasteiger charge is -2.07. The first-order valence-corrected chi connectivity index (χ1v) is 3.40. The fraction of sp³-hybridized carbons (Fsp3) is 0.667. The number of hydrogen-bond donors (Lipinski definition) is 0. The van der Waals surface area contributed by atoms with Crippen molar-refractivity contribution in [2.45, 2.75) is 0 Å². The lowest BCUT2D eigenvalue weighted by molar-refractivity contribution is -0.135. The standard InChI is InChI=1S/C6H11NO2S/c1-7(2)3-4-9-6(8)5-10/h5H,3-4H2,1-2H3. The molecule has 0 saturated carbocycles. The average Bonchev–Trinajstić information content (AvgIpc) is 1.87. The number of hydrogen-bond acceptors (Lipinski definition) is 4. The van der Waals surface area contributed by atoms with Gasteiger partial charge < -0.3 is 9.64 Å². The van der Waals surface area contributed by atoms with E-state index >= 15 is 0 Å². The van der Waals surface area contributed by atoms with Gasteiger partial charge in [0.1, 0.15) is 6.61 Å². The minimum absolute atomic E-state index is 0.402. The third-order valence-electron chi connectivity index (χ3n) is 0.879. The molecule has 0 amide bonds. The summed E-state index contributed by atoms with van der Waals surface area (Å²) in [4.78, 5) is 12.3. The highest BCUT2D eigenvalue weighted by Crippen LogP contribution is 1.78. The number of likely N-dealkylation sites (N-methyl/N-ethyl adjacent to an activating group) is 1. The number of rotatable bonds is 4. The minimum Gasteiger partial charge on any atom is -0.461 e. The van der Waals surface area contributed by atoms with Gasteiger partial charge in [-0.2, -0.15) is 0 Å². The van der Waals surface area contributed by atoms with E-state index in [4.69, 9.17) is 0 Å². The minimum atomic E-state index is -0.433. The molecule has 0 aliphatic carbocycles. The number of carbonyl (C=O) groups is 1. The predicted molar refractivity (Wildman–Crippen MR) is 43.2 cm³/mol. The van der Waals surface area contributed by atoms with E-state index in [-0.39, 0.29) is 0 Å². The van der Waals surface area contributed by atoms with Crippen molar-refractivity contribution in [1.29, 1.82) is 0 Å². The van der Waals surface area contributed by atoms with E-state index in [0.717, 1.165) is 11.9 Å². The van der Waals surface area contributed by atoms with Gasteiger partial charge in [0.15, 0.2) is 0 Å². The van der Waals surface area contributed by atoms with Crippen LogP contribution in [0.25, 0.3) is 0 Å². The van der Waals surface area contributed by atoms with Crippen LogP contribution < -0.4 is 0 Å².